The van der Waals surface area contributed by atoms with Gasteiger partial charge in [-0.1, -0.05) is 24.8 Å². The van der Waals surface area contributed by atoms with Gasteiger partial charge in [0.05, 0.1) is 25.4 Å². The van der Waals surface area contributed by atoms with Gasteiger partial charge < -0.3 is 35.6 Å². The van der Waals surface area contributed by atoms with Gasteiger partial charge in [0.25, 0.3) is 0 Å². The number of aliphatic hydroxyl groups excluding tert-OH is 3. The van der Waals surface area contributed by atoms with Crippen molar-refractivity contribution in [2.24, 2.45) is 0 Å². The molecular formula is C26H35F2N5O4S. The van der Waals surface area contributed by atoms with E-state index in [1.165, 1.54) is 17.8 Å². The first-order valence-corrected chi connectivity index (χ1v) is 14.1. The van der Waals surface area contributed by atoms with Crippen molar-refractivity contribution in [1.29, 1.82) is 0 Å². The number of aromatic nitrogens is 2. The summed E-state index contributed by atoms with van der Waals surface area (Å²) in [7, 11) is 0. The van der Waals surface area contributed by atoms with E-state index in [1.54, 1.807) is 6.07 Å². The van der Waals surface area contributed by atoms with Crippen LogP contribution < -0.4 is 15.5 Å². The molecule has 2 saturated carbocycles. The predicted octanol–water partition coefficient (Wildman–Crippen LogP) is 3.06. The first kappa shape index (κ1) is 27.3. The van der Waals surface area contributed by atoms with E-state index in [0.29, 0.717) is 28.9 Å². The predicted molar refractivity (Wildman–Crippen MR) is 142 cm³/mol. The van der Waals surface area contributed by atoms with Gasteiger partial charge in [0.15, 0.2) is 28.4 Å². The van der Waals surface area contributed by atoms with Gasteiger partial charge in [0.2, 0.25) is 0 Å². The Balaban J connectivity index is 1.44. The van der Waals surface area contributed by atoms with E-state index in [4.69, 9.17) is 19.8 Å². The molecule has 6 atom stereocenters. The van der Waals surface area contributed by atoms with Gasteiger partial charge in [-0.3, -0.25) is 0 Å². The van der Waals surface area contributed by atoms with E-state index in [2.05, 4.69) is 17.6 Å². The van der Waals surface area contributed by atoms with Gasteiger partial charge in [-0.15, -0.1) is 0 Å². The van der Waals surface area contributed by atoms with Crippen molar-refractivity contribution < 1.29 is 28.8 Å². The quantitative estimate of drug-likeness (QED) is 0.222. The largest absolute Gasteiger partial charge is 0.394 e. The Hall–Kier alpha value is -2.25. The van der Waals surface area contributed by atoms with Crippen LogP contribution in [0.4, 0.5) is 26.1 Å². The van der Waals surface area contributed by atoms with Crippen molar-refractivity contribution in [2.75, 3.05) is 34.5 Å². The number of nitrogens with one attached hydrogen (secondary N) is 2. The summed E-state index contributed by atoms with van der Waals surface area (Å²) in [6, 6.07) is 3.53. The maximum atomic E-state index is 13.8. The first-order valence-electron chi connectivity index (χ1n) is 13.1. The van der Waals surface area contributed by atoms with Crippen LogP contribution in [0.25, 0.3) is 0 Å². The lowest BCUT2D eigenvalue weighted by Crippen LogP contribution is -2.54. The van der Waals surface area contributed by atoms with Crippen LogP contribution in [0.2, 0.25) is 0 Å². The van der Waals surface area contributed by atoms with E-state index in [1.807, 2.05) is 18.7 Å². The molecule has 1 aromatic heterocycles. The molecule has 0 bridgehead atoms. The zero-order chi connectivity index (χ0) is 27.2. The highest BCUT2D eigenvalue weighted by Crippen LogP contribution is 2.50. The van der Waals surface area contributed by atoms with E-state index in [-0.39, 0.29) is 25.2 Å². The fourth-order valence-corrected chi connectivity index (χ4v) is 6.21. The molecule has 38 heavy (non-hydrogen) atoms. The molecule has 1 aromatic carbocycles. The number of anilines is 3. The average molecular weight is 552 g/mol. The van der Waals surface area contributed by atoms with Gasteiger partial charge in [-0.25, -0.2) is 18.7 Å². The summed E-state index contributed by atoms with van der Waals surface area (Å²) < 4.78 is 32.8. The Morgan fingerprint density at radius 1 is 1.18 bits per heavy atom. The molecule has 2 fully saturated rings. The minimum Gasteiger partial charge on any atom is -0.394 e. The maximum Gasteiger partial charge on any atom is 0.191 e. The third kappa shape index (κ3) is 5.16. The van der Waals surface area contributed by atoms with E-state index in [9.17, 15) is 19.0 Å². The zero-order valence-corrected chi connectivity index (χ0v) is 22.5. The van der Waals surface area contributed by atoms with Crippen molar-refractivity contribution in [3.63, 3.8) is 0 Å². The summed E-state index contributed by atoms with van der Waals surface area (Å²) in [4.78, 5) is 11.6. The molecule has 1 aliphatic heterocycles. The molecule has 208 valence electrons. The summed E-state index contributed by atoms with van der Waals surface area (Å²) >= 11 is 1.53. The molecule has 0 saturated heterocycles. The van der Waals surface area contributed by atoms with Gasteiger partial charge in [-0.05, 0) is 50.8 Å². The van der Waals surface area contributed by atoms with Crippen LogP contribution in [0, 0.1) is 11.6 Å². The number of aliphatic hydroxyl groups is 3. The number of thioether (sulfide) groups is 1. The summed E-state index contributed by atoms with van der Waals surface area (Å²) in [5.74, 6) is 0.379. The van der Waals surface area contributed by atoms with Crippen molar-refractivity contribution >= 4 is 29.1 Å². The molecule has 5 rings (SSSR count). The number of halogens is 2. The van der Waals surface area contributed by atoms with Crippen molar-refractivity contribution in [3.8, 4) is 0 Å². The SMILES string of the molecule is CCCSc1nc(N[C@@H]2C[C@H]2c2ccc(F)c(F)c2)c2c(n1)N([C@@H]1C[C@H](OCCO)[C@@H](O)[C@H]1O)C(C)(C)N2. The number of hydrogen-bond acceptors (Lipinski definition) is 10. The average Bonchev–Trinajstić information content (AvgIpc) is 3.52. The number of nitrogens with zero attached hydrogens (tertiary/aromatic N) is 3. The fourth-order valence-electron chi connectivity index (χ4n) is 5.52. The summed E-state index contributed by atoms with van der Waals surface area (Å²) in [5.41, 5.74) is 0.759. The number of ether oxygens (including phenoxy) is 1. The lowest BCUT2D eigenvalue weighted by Gasteiger charge is -2.39. The molecule has 5 N–H and O–H groups in total. The minimum absolute atomic E-state index is 0.00277. The monoisotopic (exact) mass is 551 g/mol. The van der Waals surface area contributed by atoms with Gasteiger partial charge in [0.1, 0.15) is 23.6 Å². The first-order chi connectivity index (χ1) is 18.1. The maximum absolute atomic E-state index is 13.8. The number of hydrogen-bond donors (Lipinski definition) is 5. The van der Waals surface area contributed by atoms with Crippen LogP contribution >= 0.6 is 11.8 Å². The lowest BCUT2D eigenvalue weighted by atomic mass is 10.1. The topological polar surface area (TPSA) is 123 Å². The van der Waals surface area contributed by atoms with Gasteiger partial charge >= 0.3 is 0 Å². The highest BCUT2D eigenvalue weighted by Gasteiger charge is 2.52. The molecular weight excluding hydrogens is 516 g/mol. The van der Waals surface area contributed by atoms with Gasteiger partial charge in [0, 0.05) is 17.7 Å². The Morgan fingerprint density at radius 2 is 1.97 bits per heavy atom. The summed E-state index contributed by atoms with van der Waals surface area (Å²) in [6.07, 6.45) is -0.727. The van der Waals surface area contributed by atoms with Crippen LogP contribution in [-0.4, -0.2) is 80.3 Å². The van der Waals surface area contributed by atoms with Crippen molar-refractivity contribution in [3.05, 3.63) is 35.4 Å². The lowest BCUT2D eigenvalue weighted by molar-refractivity contribution is -0.0617. The van der Waals surface area contributed by atoms with E-state index in [0.717, 1.165) is 30.2 Å². The highest BCUT2D eigenvalue weighted by atomic mass is 32.2. The van der Waals surface area contributed by atoms with Crippen LogP contribution in [-0.2, 0) is 4.74 Å². The van der Waals surface area contributed by atoms with E-state index < -0.39 is 41.7 Å². The number of rotatable bonds is 10. The third-order valence-electron chi connectivity index (χ3n) is 7.40. The minimum atomic E-state index is -1.09. The molecule has 0 spiro atoms. The molecule has 2 heterocycles. The Kier molecular flexibility index (Phi) is 7.71. The smallest absolute Gasteiger partial charge is 0.191 e. The van der Waals surface area contributed by atoms with E-state index >= 15 is 0 Å². The van der Waals surface area contributed by atoms with Crippen molar-refractivity contribution in [1.82, 2.24) is 9.97 Å². The number of fused-ring (bicyclic) bond motifs is 1. The fraction of sp³-hybridized carbons (Fsp3) is 0.615. The third-order valence-corrected chi connectivity index (χ3v) is 8.46. The molecule has 12 heteroatoms. The van der Waals surface area contributed by atoms with Gasteiger partial charge in [-0.2, -0.15) is 0 Å². The molecule has 0 radical (unpaired) electrons. The zero-order valence-electron chi connectivity index (χ0n) is 21.7. The second-order valence-electron chi connectivity index (χ2n) is 10.6. The standard InChI is InChI=1S/C26H35F2N5O4S/c1-4-9-38-25-30-23(29-17-11-14(17)13-5-6-15(27)16(28)10-13)20-24(31-25)33(26(2,3)32-20)18-12-19(37-8-7-34)22(36)21(18)35/h5-6,10,14,17-19,21-22,32,34-36H,4,7-9,11-12H2,1-3H3,(H,29,30,31)/t14-,17+,18+,19-,21-,22+/m0/s1. The summed E-state index contributed by atoms with van der Waals surface area (Å²) in [5, 5.41) is 38.4. The molecule has 9 nitrogen and oxygen atoms in total. The van der Waals surface area contributed by atoms with Crippen LogP contribution in [0.15, 0.2) is 23.4 Å². The summed E-state index contributed by atoms with van der Waals surface area (Å²) in [6.45, 7) is 5.93. The van der Waals surface area contributed by atoms with Crippen LogP contribution in [0.1, 0.15) is 51.5 Å². The molecule has 3 aliphatic rings. The second-order valence-corrected chi connectivity index (χ2v) is 11.7. The second kappa shape index (κ2) is 10.7. The van der Waals surface area contributed by atoms with Crippen LogP contribution in [0.5, 0.6) is 0 Å². The molecule has 0 amide bonds. The van der Waals surface area contributed by atoms with Crippen LogP contribution in [0.3, 0.4) is 0 Å². The van der Waals surface area contributed by atoms with Crippen molar-refractivity contribution in [2.45, 2.75) is 87.2 Å². The normalized spacial score (nSPS) is 29.3. The Labute approximate surface area is 225 Å². The number of benzene rings is 1. The Bertz CT molecular complexity index is 1170. The Morgan fingerprint density at radius 3 is 2.68 bits per heavy atom. The molecule has 2 aromatic rings. The highest BCUT2D eigenvalue weighted by molar-refractivity contribution is 7.99. The molecule has 0 unspecified atom stereocenters. The molecule has 2 aliphatic carbocycles.